The maximum atomic E-state index is 13.0. The second-order valence-corrected chi connectivity index (χ2v) is 9.53. The Hall–Kier alpha value is -3.09. The molecule has 0 bridgehead atoms. The van der Waals surface area contributed by atoms with Crippen LogP contribution in [0.2, 0.25) is 5.02 Å². The maximum Gasteiger partial charge on any atom is 0.257 e. The maximum absolute atomic E-state index is 13.0. The first-order chi connectivity index (χ1) is 16.1. The van der Waals surface area contributed by atoms with Crippen LogP contribution in [0.15, 0.2) is 67.0 Å². The largest absolute Gasteiger partial charge is 0.322 e. The smallest absolute Gasteiger partial charge is 0.257 e. The Morgan fingerprint density at radius 1 is 1.06 bits per heavy atom. The van der Waals surface area contributed by atoms with Crippen molar-refractivity contribution in [2.24, 2.45) is 0 Å². The van der Waals surface area contributed by atoms with Crippen LogP contribution in [0.5, 0.6) is 0 Å². The van der Waals surface area contributed by atoms with Crippen LogP contribution in [0, 0.1) is 6.92 Å². The van der Waals surface area contributed by atoms with E-state index in [0.29, 0.717) is 16.3 Å². The molecule has 1 saturated heterocycles. The lowest BCUT2D eigenvalue weighted by atomic mass is 10.0. The molecule has 1 N–H and O–H groups in total. The fourth-order valence-corrected chi connectivity index (χ4v) is 5.35. The highest BCUT2D eigenvalue weighted by atomic mass is 35.5. The van der Waals surface area contributed by atoms with Crippen LogP contribution >= 0.6 is 23.5 Å². The Bertz CT molecular complexity index is 1330. The van der Waals surface area contributed by atoms with Crippen molar-refractivity contribution in [3.05, 3.63) is 83.1 Å². The van der Waals surface area contributed by atoms with E-state index in [1.165, 1.54) is 12.8 Å². The van der Waals surface area contributed by atoms with Crippen molar-refractivity contribution in [3.8, 4) is 11.3 Å². The number of hydrogen-bond donors (Lipinski definition) is 1. The van der Waals surface area contributed by atoms with Crippen molar-refractivity contribution < 1.29 is 4.79 Å². The molecule has 1 aliphatic heterocycles. The molecule has 0 atom stereocenters. The number of nitrogens with zero attached hydrogens (tertiary/aromatic N) is 3. The molecule has 33 heavy (non-hydrogen) atoms. The van der Waals surface area contributed by atoms with E-state index in [4.69, 9.17) is 11.6 Å². The number of carbonyl (C=O) groups is 1. The molecule has 2 aromatic heterocycles. The number of aryl methyl sites for hydroxylation is 1. The number of anilines is 2. The number of hydrogen-bond acceptors (Lipinski definition) is 5. The summed E-state index contributed by atoms with van der Waals surface area (Å²) in [6.07, 6.45) is 5.94. The van der Waals surface area contributed by atoms with Gasteiger partial charge in [0.05, 0.1) is 21.8 Å². The summed E-state index contributed by atoms with van der Waals surface area (Å²) < 4.78 is 2.25. The molecule has 0 unspecified atom stereocenters. The highest BCUT2D eigenvalue weighted by Crippen LogP contribution is 2.33. The minimum Gasteiger partial charge on any atom is -0.322 e. The minimum atomic E-state index is -0.236. The highest BCUT2D eigenvalue weighted by Gasteiger charge is 2.17. The number of rotatable bonds is 4. The van der Waals surface area contributed by atoms with Crippen molar-refractivity contribution in [1.82, 2.24) is 9.97 Å². The first-order valence-corrected chi connectivity index (χ1v) is 12.2. The molecule has 0 saturated carbocycles. The van der Waals surface area contributed by atoms with Gasteiger partial charge in [-0.2, -0.15) is 0 Å². The lowest BCUT2D eigenvalue weighted by Gasteiger charge is -2.27. The Morgan fingerprint density at radius 2 is 1.97 bits per heavy atom. The normalized spacial score (nSPS) is 13.8. The quantitative estimate of drug-likeness (QED) is 0.331. The topological polar surface area (TPSA) is 58.1 Å². The molecule has 0 aliphatic carbocycles. The Morgan fingerprint density at radius 3 is 2.79 bits per heavy atom. The van der Waals surface area contributed by atoms with Gasteiger partial charge in [0.25, 0.3) is 5.91 Å². The van der Waals surface area contributed by atoms with Crippen LogP contribution in [0.4, 0.5) is 11.4 Å². The number of benzene rings is 2. The van der Waals surface area contributed by atoms with Crippen LogP contribution in [-0.4, -0.2) is 28.2 Å². The third-order valence-corrected chi connectivity index (χ3v) is 7.26. The summed E-state index contributed by atoms with van der Waals surface area (Å²) in [6, 6.07) is 17.3. The second-order valence-electron chi connectivity index (χ2n) is 8.02. The number of pyridine rings is 2. The van der Waals surface area contributed by atoms with Gasteiger partial charge in [-0.3, -0.25) is 14.8 Å². The molecule has 1 aliphatic rings. The summed E-state index contributed by atoms with van der Waals surface area (Å²) in [4.78, 5) is 22.1. The van der Waals surface area contributed by atoms with E-state index in [0.717, 1.165) is 45.7 Å². The summed E-state index contributed by atoms with van der Waals surface area (Å²) in [6.45, 7) is 3.03. The molecule has 1 amide bonds. The van der Waals surface area contributed by atoms with Gasteiger partial charge >= 0.3 is 0 Å². The van der Waals surface area contributed by atoms with E-state index in [2.05, 4.69) is 19.6 Å². The molecule has 0 radical (unpaired) electrons. The van der Waals surface area contributed by atoms with Crippen molar-refractivity contribution >= 4 is 51.7 Å². The summed E-state index contributed by atoms with van der Waals surface area (Å²) in [7, 11) is 0. The zero-order chi connectivity index (χ0) is 22.8. The van der Waals surface area contributed by atoms with Crippen LogP contribution < -0.4 is 9.62 Å². The van der Waals surface area contributed by atoms with Gasteiger partial charge in [-0.1, -0.05) is 17.7 Å². The average molecular weight is 475 g/mol. The van der Waals surface area contributed by atoms with E-state index < -0.39 is 0 Å². The van der Waals surface area contributed by atoms with Crippen LogP contribution in [0.25, 0.3) is 22.2 Å². The molecular weight excluding hydrogens is 452 g/mol. The second kappa shape index (κ2) is 9.41. The minimum absolute atomic E-state index is 0.236. The fourth-order valence-electron chi connectivity index (χ4n) is 4.01. The number of fused-ring (bicyclic) bond motifs is 1. The molecule has 4 aromatic rings. The van der Waals surface area contributed by atoms with Crippen molar-refractivity contribution in [1.29, 1.82) is 0 Å². The van der Waals surface area contributed by atoms with Gasteiger partial charge in [0.2, 0.25) is 0 Å². The van der Waals surface area contributed by atoms with Crippen molar-refractivity contribution in [2.75, 3.05) is 21.9 Å². The number of aromatic nitrogens is 2. The van der Waals surface area contributed by atoms with E-state index in [-0.39, 0.29) is 5.91 Å². The third-order valence-electron chi connectivity index (χ3n) is 5.77. The Kier molecular flexibility index (Phi) is 6.20. The highest BCUT2D eigenvalue weighted by molar-refractivity contribution is 8.00. The lowest BCUT2D eigenvalue weighted by Crippen LogP contribution is -2.21. The number of halogens is 1. The van der Waals surface area contributed by atoms with Crippen LogP contribution in [-0.2, 0) is 0 Å². The van der Waals surface area contributed by atoms with Gasteiger partial charge in [0.1, 0.15) is 0 Å². The zero-order valence-electron chi connectivity index (χ0n) is 18.2. The third kappa shape index (κ3) is 4.54. The van der Waals surface area contributed by atoms with Crippen LogP contribution in [0.3, 0.4) is 0 Å². The number of carbonyl (C=O) groups excluding carboxylic acids is 1. The Balaban J connectivity index is 1.41. The van der Waals surface area contributed by atoms with E-state index in [1.54, 1.807) is 18.5 Å². The Labute approximate surface area is 202 Å². The summed E-state index contributed by atoms with van der Waals surface area (Å²) in [5, 5.41) is 4.42. The number of amides is 1. The molecule has 166 valence electrons. The predicted molar refractivity (Wildman–Crippen MR) is 138 cm³/mol. The molecule has 1 fully saturated rings. The SMILES string of the molecule is Cc1ccc(NC(=O)c2ccc(N3CCCCS3)cc2Cl)cc1-c1nccc2ncccc12. The van der Waals surface area contributed by atoms with Gasteiger partial charge in [0, 0.05) is 47.0 Å². The fraction of sp³-hybridized carbons (Fsp3) is 0.192. The number of nitrogens with one attached hydrogen (secondary N) is 1. The molecule has 7 heteroatoms. The molecule has 5 rings (SSSR count). The van der Waals surface area contributed by atoms with E-state index in [9.17, 15) is 4.79 Å². The van der Waals surface area contributed by atoms with Crippen LogP contribution in [0.1, 0.15) is 28.8 Å². The molecular formula is C26H23ClN4OS. The standard InChI is InChI=1S/C26H23ClN4OS/c1-17-6-7-18(15-22(17)25-21-5-4-11-28-24(21)10-12-29-25)30-26(32)20-9-8-19(16-23(20)27)31-13-2-3-14-33-31/h4-12,15-16H,2-3,13-14H2,1H3,(H,30,32). The monoisotopic (exact) mass is 474 g/mol. The lowest BCUT2D eigenvalue weighted by molar-refractivity contribution is 0.102. The average Bonchev–Trinajstić information content (AvgIpc) is 2.85. The molecule has 5 nitrogen and oxygen atoms in total. The first-order valence-electron chi connectivity index (χ1n) is 10.9. The summed E-state index contributed by atoms with van der Waals surface area (Å²) in [5.41, 5.74) is 5.93. The van der Waals surface area contributed by atoms with Gasteiger partial charge in [-0.25, -0.2) is 0 Å². The summed E-state index contributed by atoms with van der Waals surface area (Å²) >= 11 is 8.32. The van der Waals surface area contributed by atoms with Gasteiger partial charge in [0.15, 0.2) is 0 Å². The molecule has 2 aromatic carbocycles. The zero-order valence-corrected chi connectivity index (χ0v) is 19.8. The van der Waals surface area contributed by atoms with Crippen molar-refractivity contribution in [3.63, 3.8) is 0 Å². The van der Waals surface area contributed by atoms with E-state index in [1.807, 2.05) is 67.4 Å². The molecule has 0 spiro atoms. The van der Waals surface area contributed by atoms with Gasteiger partial charge in [-0.15, -0.1) is 0 Å². The van der Waals surface area contributed by atoms with Gasteiger partial charge < -0.3 is 9.62 Å². The predicted octanol–water partition coefficient (Wildman–Crippen LogP) is 6.76. The van der Waals surface area contributed by atoms with E-state index >= 15 is 0 Å². The molecule has 3 heterocycles. The van der Waals surface area contributed by atoms with Crippen molar-refractivity contribution in [2.45, 2.75) is 19.8 Å². The van der Waals surface area contributed by atoms with Gasteiger partial charge in [-0.05, 0) is 85.8 Å². The first kappa shape index (κ1) is 21.7. The summed E-state index contributed by atoms with van der Waals surface area (Å²) in [5.74, 6) is 0.872.